The van der Waals surface area contributed by atoms with Crippen molar-refractivity contribution in [1.82, 2.24) is 14.5 Å². The summed E-state index contributed by atoms with van der Waals surface area (Å²) in [6, 6.07) is 9.47. The number of benzene rings is 1. The Balaban J connectivity index is 1.86. The zero-order valence-electron chi connectivity index (χ0n) is 12.3. The maximum absolute atomic E-state index is 12.7. The molecular weight excluding hydrogens is 282 g/mol. The first-order valence-electron chi connectivity index (χ1n) is 7.12. The molecular formula is C16H17N3O3. The molecule has 3 rings (SSSR count). The van der Waals surface area contributed by atoms with Gasteiger partial charge in [0.25, 0.3) is 5.91 Å². The van der Waals surface area contributed by atoms with Gasteiger partial charge in [-0.3, -0.25) is 14.2 Å². The largest absolute Gasteiger partial charge is 0.481 e. The quantitative estimate of drug-likeness (QED) is 0.938. The lowest BCUT2D eigenvalue weighted by Crippen LogP contribution is -2.35. The molecule has 0 spiro atoms. The highest BCUT2D eigenvalue weighted by Gasteiger charge is 2.42. The lowest BCUT2D eigenvalue weighted by molar-refractivity contribution is -0.147. The fraction of sp³-hybridized carbons (Fsp3) is 0.312. The predicted molar refractivity (Wildman–Crippen MR) is 79.8 cm³/mol. The molecule has 1 aliphatic heterocycles. The van der Waals surface area contributed by atoms with Crippen molar-refractivity contribution in [2.24, 2.45) is 5.41 Å². The molecule has 0 radical (unpaired) electrons. The van der Waals surface area contributed by atoms with Crippen molar-refractivity contribution in [2.45, 2.75) is 13.3 Å². The molecule has 0 bridgehead atoms. The molecule has 0 aliphatic carbocycles. The van der Waals surface area contributed by atoms with Gasteiger partial charge in [0.2, 0.25) is 0 Å². The number of carboxylic acid groups (broad SMARTS) is 1. The Bertz CT molecular complexity index is 710. The van der Waals surface area contributed by atoms with Crippen molar-refractivity contribution in [1.29, 1.82) is 0 Å². The van der Waals surface area contributed by atoms with E-state index in [4.69, 9.17) is 0 Å². The van der Waals surface area contributed by atoms with Gasteiger partial charge in [0.1, 0.15) is 5.69 Å². The van der Waals surface area contributed by atoms with Crippen LogP contribution in [0.15, 0.2) is 42.9 Å². The van der Waals surface area contributed by atoms with Gasteiger partial charge in [0, 0.05) is 18.8 Å². The normalized spacial score (nSPS) is 21.0. The number of rotatable bonds is 3. The highest BCUT2D eigenvalue weighted by molar-refractivity contribution is 5.94. The second-order valence-corrected chi connectivity index (χ2v) is 5.83. The van der Waals surface area contributed by atoms with Gasteiger partial charge in [-0.2, -0.15) is 0 Å². The molecule has 1 amide bonds. The number of aliphatic carboxylic acids is 1. The fourth-order valence-electron chi connectivity index (χ4n) is 2.72. The number of carboxylic acids is 1. The Morgan fingerprint density at radius 2 is 2.00 bits per heavy atom. The number of imidazole rings is 1. The van der Waals surface area contributed by atoms with Crippen molar-refractivity contribution in [2.75, 3.05) is 13.1 Å². The summed E-state index contributed by atoms with van der Waals surface area (Å²) >= 11 is 0. The summed E-state index contributed by atoms with van der Waals surface area (Å²) in [5, 5.41) is 9.28. The van der Waals surface area contributed by atoms with Gasteiger partial charge in [-0.1, -0.05) is 18.2 Å². The van der Waals surface area contributed by atoms with Gasteiger partial charge in [-0.05, 0) is 25.5 Å². The summed E-state index contributed by atoms with van der Waals surface area (Å²) in [6.07, 6.45) is 3.58. The van der Waals surface area contributed by atoms with E-state index in [-0.39, 0.29) is 12.5 Å². The smallest absolute Gasteiger partial charge is 0.311 e. The SMILES string of the molecule is C[C@]1(C(=O)O)CCN(C(=O)c2cncn2-c2ccccc2)C1. The van der Waals surface area contributed by atoms with E-state index in [1.807, 2.05) is 30.3 Å². The van der Waals surface area contributed by atoms with Gasteiger partial charge in [-0.15, -0.1) is 0 Å². The van der Waals surface area contributed by atoms with E-state index in [1.165, 1.54) is 6.20 Å². The van der Waals surface area contributed by atoms with Gasteiger partial charge < -0.3 is 10.0 Å². The van der Waals surface area contributed by atoms with Crippen LogP contribution in [0.3, 0.4) is 0 Å². The number of likely N-dealkylation sites (tertiary alicyclic amines) is 1. The van der Waals surface area contributed by atoms with Crippen LogP contribution >= 0.6 is 0 Å². The molecule has 0 saturated carbocycles. The Morgan fingerprint density at radius 1 is 1.27 bits per heavy atom. The number of carbonyl (C=O) groups is 2. The molecule has 1 aromatic carbocycles. The average molecular weight is 299 g/mol. The van der Waals surface area contributed by atoms with Crippen LogP contribution in [0.4, 0.5) is 0 Å². The Morgan fingerprint density at radius 3 is 2.64 bits per heavy atom. The van der Waals surface area contributed by atoms with E-state index in [1.54, 1.807) is 22.7 Å². The maximum atomic E-state index is 12.7. The molecule has 1 saturated heterocycles. The zero-order valence-corrected chi connectivity index (χ0v) is 12.3. The third-order valence-electron chi connectivity index (χ3n) is 4.17. The minimum absolute atomic E-state index is 0.189. The molecule has 114 valence electrons. The Labute approximate surface area is 128 Å². The van der Waals surface area contributed by atoms with Gasteiger partial charge in [-0.25, -0.2) is 4.98 Å². The van der Waals surface area contributed by atoms with Crippen LogP contribution in [0.1, 0.15) is 23.8 Å². The lowest BCUT2D eigenvalue weighted by atomic mass is 9.90. The summed E-state index contributed by atoms with van der Waals surface area (Å²) in [6.45, 7) is 2.35. The molecule has 6 nitrogen and oxygen atoms in total. The number of amides is 1. The van der Waals surface area contributed by atoms with Crippen LogP contribution in [-0.2, 0) is 4.79 Å². The number of para-hydroxylation sites is 1. The van der Waals surface area contributed by atoms with Crippen LogP contribution in [0.25, 0.3) is 5.69 Å². The standard InChI is InChI=1S/C16H17N3O3/c1-16(15(21)22)7-8-18(10-16)14(20)13-9-17-11-19(13)12-5-3-2-4-6-12/h2-6,9,11H,7-8,10H2,1H3,(H,21,22)/t16-/m0/s1. The van der Waals surface area contributed by atoms with Gasteiger partial charge >= 0.3 is 5.97 Å². The average Bonchev–Trinajstić information content (AvgIpc) is 3.15. The third kappa shape index (κ3) is 2.36. The Hall–Kier alpha value is -2.63. The molecule has 6 heteroatoms. The van der Waals surface area contributed by atoms with Crippen molar-refractivity contribution < 1.29 is 14.7 Å². The molecule has 1 N–H and O–H groups in total. The first-order chi connectivity index (χ1) is 10.5. The van der Waals surface area contributed by atoms with Gasteiger partial charge in [0.15, 0.2) is 0 Å². The van der Waals surface area contributed by atoms with Gasteiger partial charge in [0.05, 0.1) is 17.9 Å². The van der Waals surface area contributed by atoms with E-state index in [9.17, 15) is 14.7 Å². The number of aromatic nitrogens is 2. The molecule has 2 heterocycles. The molecule has 1 atom stereocenters. The minimum atomic E-state index is -0.868. The first kappa shape index (κ1) is 14.3. The maximum Gasteiger partial charge on any atom is 0.311 e. The van der Waals surface area contributed by atoms with E-state index in [0.717, 1.165) is 5.69 Å². The highest BCUT2D eigenvalue weighted by atomic mass is 16.4. The molecule has 1 aliphatic rings. The van der Waals surface area contributed by atoms with E-state index in [2.05, 4.69) is 4.98 Å². The summed E-state index contributed by atoms with van der Waals surface area (Å²) in [4.78, 5) is 29.6. The van der Waals surface area contributed by atoms with Crippen LogP contribution in [0.5, 0.6) is 0 Å². The van der Waals surface area contributed by atoms with Crippen molar-refractivity contribution in [3.8, 4) is 5.69 Å². The first-order valence-corrected chi connectivity index (χ1v) is 7.12. The number of nitrogens with zero attached hydrogens (tertiary/aromatic N) is 3. The van der Waals surface area contributed by atoms with Crippen LogP contribution in [0.2, 0.25) is 0 Å². The summed E-state index contributed by atoms with van der Waals surface area (Å²) in [5.41, 5.74) is 0.428. The number of hydrogen-bond acceptors (Lipinski definition) is 3. The number of carbonyl (C=O) groups excluding carboxylic acids is 1. The molecule has 2 aromatic rings. The monoisotopic (exact) mass is 299 g/mol. The summed E-state index contributed by atoms with van der Waals surface area (Å²) in [7, 11) is 0. The minimum Gasteiger partial charge on any atom is -0.481 e. The summed E-state index contributed by atoms with van der Waals surface area (Å²) < 4.78 is 1.72. The van der Waals surface area contributed by atoms with Crippen molar-refractivity contribution >= 4 is 11.9 Å². The van der Waals surface area contributed by atoms with E-state index in [0.29, 0.717) is 18.7 Å². The summed E-state index contributed by atoms with van der Waals surface area (Å²) in [5.74, 6) is -1.05. The zero-order chi connectivity index (χ0) is 15.7. The molecule has 1 fully saturated rings. The second kappa shape index (κ2) is 5.29. The second-order valence-electron chi connectivity index (χ2n) is 5.83. The van der Waals surface area contributed by atoms with Crippen LogP contribution in [0, 0.1) is 5.41 Å². The van der Waals surface area contributed by atoms with Crippen LogP contribution in [-0.4, -0.2) is 44.5 Å². The van der Waals surface area contributed by atoms with Crippen molar-refractivity contribution in [3.05, 3.63) is 48.5 Å². The Kier molecular flexibility index (Phi) is 3.44. The van der Waals surface area contributed by atoms with Crippen LogP contribution < -0.4 is 0 Å². The lowest BCUT2D eigenvalue weighted by Gasteiger charge is -2.20. The topological polar surface area (TPSA) is 75.4 Å². The molecule has 0 unspecified atom stereocenters. The van der Waals surface area contributed by atoms with Crippen molar-refractivity contribution in [3.63, 3.8) is 0 Å². The third-order valence-corrected chi connectivity index (χ3v) is 4.17. The predicted octanol–water partition coefficient (Wildman–Crippen LogP) is 1.81. The van der Waals surface area contributed by atoms with E-state index >= 15 is 0 Å². The van der Waals surface area contributed by atoms with E-state index < -0.39 is 11.4 Å². The molecule has 1 aromatic heterocycles. The highest BCUT2D eigenvalue weighted by Crippen LogP contribution is 2.31. The molecule has 22 heavy (non-hydrogen) atoms. The number of hydrogen-bond donors (Lipinski definition) is 1. The fourth-order valence-corrected chi connectivity index (χ4v) is 2.72.